The SMILES string of the molecule is C=C(C)CCC1C(C)CCC2=CC(=O)CCC21C. The summed E-state index contributed by atoms with van der Waals surface area (Å²) in [6.07, 6.45) is 8.51. The fourth-order valence-corrected chi connectivity index (χ4v) is 3.97. The van der Waals surface area contributed by atoms with Gasteiger partial charge in [-0.25, -0.2) is 0 Å². The molecule has 0 aromatic carbocycles. The quantitative estimate of drug-likeness (QED) is 0.660. The summed E-state index contributed by atoms with van der Waals surface area (Å²) >= 11 is 0. The lowest BCUT2D eigenvalue weighted by Crippen LogP contribution is -2.40. The lowest BCUT2D eigenvalue weighted by Gasteiger charge is -2.49. The summed E-state index contributed by atoms with van der Waals surface area (Å²) in [6, 6.07) is 0. The van der Waals surface area contributed by atoms with Crippen molar-refractivity contribution in [2.45, 2.75) is 59.3 Å². The molecular weight excluding hydrogens is 220 g/mol. The number of allylic oxidation sites excluding steroid dienone is 3. The third-order valence-corrected chi connectivity index (χ3v) is 5.22. The second kappa shape index (κ2) is 5.03. The Morgan fingerprint density at radius 2 is 2.22 bits per heavy atom. The van der Waals surface area contributed by atoms with Crippen LogP contribution in [-0.4, -0.2) is 5.78 Å². The molecule has 0 N–H and O–H groups in total. The van der Waals surface area contributed by atoms with Gasteiger partial charge < -0.3 is 0 Å². The van der Waals surface area contributed by atoms with Crippen molar-refractivity contribution in [2.24, 2.45) is 17.3 Å². The van der Waals surface area contributed by atoms with Crippen molar-refractivity contribution in [3.8, 4) is 0 Å². The lowest BCUT2D eigenvalue weighted by atomic mass is 9.55. The molecule has 1 nitrogen and oxygen atoms in total. The molecule has 0 radical (unpaired) electrons. The minimum absolute atomic E-state index is 0.279. The molecule has 2 aliphatic carbocycles. The predicted octanol–water partition coefficient (Wildman–Crippen LogP) is 4.68. The van der Waals surface area contributed by atoms with Gasteiger partial charge in [0.1, 0.15) is 0 Å². The molecule has 0 bridgehead atoms. The fourth-order valence-electron chi connectivity index (χ4n) is 3.97. The first-order valence-electron chi connectivity index (χ1n) is 7.32. The summed E-state index contributed by atoms with van der Waals surface area (Å²) in [5.41, 5.74) is 3.00. The largest absolute Gasteiger partial charge is 0.295 e. The highest BCUT2D eigenvalue weighted by molar-refractivity contribution is 5.91. The minimum Gasteiger partial charge on any atom is -0.295 e. The molecule has 3 atom stereocenters. The van der Waals surface area contributed by atoms with E-state index in [0.717, 1.165) is 37.5 Å². The molecule has 1 heteroatoms. The molecule has 0 heterocycles. The van der Waals surface area contributed by atoms with Crippen LogP contribution in [0.3, 0.4) is 0 Å². The van der Waals surface area contributed by atoms with E-state index >= 15 is 0 Å². The molecule has 0 aromatic rings. The van der Waals surface area contributed by atoms with Crippen molar-refractivity contribution in [1.82, 2.24) is 0 Å². The van der Waals surface area contributed by atoms with Gasteiger partial charge in [-0.15, -0.1) is 6.58 Å². The van der Waals surface area contributed by atoms with Crippen LogP contribution in [0.2, 0.25) is 0 Å². The van der Waals surface area contributed by atoms with Crippen LogP contribution in [0.15, 0.2) is 23.8 Å². The van der Waals surface area contributed by atoms with Gasteiger partial charge in [-0.05, 0) is 62.4 Å². The molecular formula is C17H26O. The van der Waals surface area contributed by atoms with Gasteiger partial charge in [0.2, 0.25) is 0 Å². The summed E-state index contributed by atoms with van der Waals surface area (Å²) in [6.45, 7) is 10.9. The Morgan fingerprint density at radius 3 is 2.89 bits per heavy atom. The standard InChI is InChI=1S/C17H26O/c1-12(2)5-8-16-13(3)6-7-14-11-15(18)9-10-17(14,16)4/h11,13,16H,1,5-10H2,2-4H3. The van der Waals surface area contributed by atoms with Crippen LogP contribution in [0.4, 0.5) is 0 Å². The highest BCUT2D eigenvalue weighted by Crippen LogP contribution is 2.54. The van der Waals surface area contributed by atoms with E-state index in [0.29, 0.717) is 5.78 Å². The zero-order valence-corrected chi connectivity index (χ0v) is 12.1. The van der Waals surface area contributed by atoms with Crippen LogP contribution in [0.1, 0.15) is 59.3 Å². The summed E-state index contributed by atoms with van der Waals surface area (Å²) in [5, 5.41) is 0. The third-order valence-electron chi connectivity index (χ3n) is 5.22. The van der Waals surface area contributed by atoms with E-state index in [2.05, 4.69) is 27.4 Å². The Hall–Kier alpha value is -0.850. The normalized spacial score (nSPS) is 35.9. The van der Waals surface area contributed by atoms with Gasteiger partial charge >= 0.3 is 0 Å². The Balaban J connectivity index is 2.22. The van der Waals surface area contributed by atoms with Gasteiger partial charge in [0.05, 0.1) is 0 Å². The van der Waals surface area contributed by atoms with Crippen LogP contribution < -0.4 is 0 Å². The fraction of sp³-hybridized carbons (Fsp3) is 0.706. The van der Waals surface area contributed by atoms with E-state index in [1.165, 1.54) is 24.0 Å². The van der Waals surface area contributed by atoms with Gasteiger partial charge in [-0.1, -0.05) is 25.0 Å². The van der Waals surface area contributed by atoms with E-state index in [4.69, 9.17) is 0 Å². The average molecular weight is 246 g/mol. The second-order valence-corrected chi connectivity index (χ2v) is 6.67. The first-order valence-corrected chi connectivity index (χ1v) is 7.32. The van der Waals surface area contributed by atoms with E-state index in [-0.39, 0.29) is 5.41 Å². The Kier molecular flexibility index (Phi) is 3.79. The highest BCUT2D eigenvalue weighted by Gasteiger charge is 2.44. The van der Waals surface area contributed by atoms with Crippen LogP contribution in [0.5, 0.6) is 0 Å². The Labute approximate surface area is 111 Å². The van der Waals surface area contributed by atoms with Crippen molar-refractivity contribution >= 4 is 5.78 Å². The maximum Gasteiger partial charge on any atom is 0.155 e. The van der Waals surface area contributed by atoms with Crippen LogP contribution >= 0.6 is 0 Å². The molecule has 0 spiro atoms. The first kappa shape index (κ1) is 13.6. The van der Waals surface area contributed by atoms with Gasteiger partial charge in [-0.2, -0.15) is 0 Å². The smallest absolute Gasteiger partial charge is 0.155 e. The maximum atomic E-state index is 11.6. The molecule has 0 saturated heterocycles. The summed E-state index contributed by atoms with van der Waals surface area (Å²) in [4.78, 5) is 11.6. The number of hydrogen-bond acceptors (Lipinski definition) is 1. The Bertz CT molecular complexity index is 390. The molecule has 0 amide bonds. The highest BCUT2D eigenvalue weighted by atomic mass is 16.1. The van der Waals surface area contributed by atoms with Crippen LogP contribution in [0, 0.1) is 17.3 Å². The molecule has 100 valence electrons. The minimum atomic E-state index is 0.279. The van der Waals surface area contributed by atoms with Gasteiger partial charge in [-0.3, -0.25) is 4.79 Å². The third kappa shape index (κ3) is 2.46. The van der Waals surface area contributed by atoms with Gasteiger partial charge in [0.15, 0.2) is 5.78 Å². The number of fused-ring (bicyclic) bond motifs is 1. The van der Waals surface area contributed by atoms with E-state index < -0.39 is 0 Å². The number of ketones is 1. The average Bonchev–Trinajstić information content (AvgIpc) is 2.29. The van der Waals surface area contributed by atoms with E-state index in [1.807, 2.05) is 6.08 Å². The van der Waals surface area contributed by atoms with Crippen molar-refractivity contribution in [2.75, 3.05) is 0 Å². The van der Waals surface area contributed by atoms with Crippen LogP contribution in [0.25, 0.3) is 0 Å². The zero-order valence-electron chi connectivity index (χ0n) is 12.1. The zero-order chi connectivity index (χ0) is 13.3. The van der Waals surface area contributed by atoms with E-state index in [9.17, 15) is 4.79 Å². The maximum absolute atomic E-state index is 11.6. The lowest BCUT2D eigenvalue weighted by molar-refractivity contribution is -0.116. The van der Waals surface area contributed by atoms with Crippen molar-refractivity contribution in [3.05, 3.63) is 23.8 Å². The molecule has 18 heavy (non-hydrogen) atoms. The Morgan fingerprint density at radius 1 is 1.50 bits per heavy atom. The first-order chi connectivity index (χ1) is 8.43. The van der Waals surface area contributed by atoms with Gasteiger partial charge in [0, 0.05) is 6.42 Å². The number of hydrogen-bond donors (Lipinski definition) is 0. The van der Waals surface area contributed by atoms with E-state index in [1.54, 1.807) is 0 Å². The molecule has 2 aliphatic rings. The number of carbonyl (C=O) groups excluding carboxylic acids is 1. The monoisotopic (exact) mass is 246 g/mol. The van der Waals surface area contributed by atoms with Crippen LogP contribution in [-0.2, 0) is 4.79 Å². The second-order valence-electron chi connectivity index (χ2n) is 6.67. The summed E-state index contributed by atoms with van der Waals surface area (Å²) in [5.74, 6) is 1.85. The molecule has 1 fully saturated rings. The number of carbonyl (C=O) groups is 1. The van der Waals surface area contributed by atoms with Crippen molar-refractivity contribution < 1.29 is 4.79 Å². The number of rotatable bonds is 3. The van der Waals surface area contributed by atoms with Gasteiger partial charge in [0.25, 0.3) is 0 Å². The topological polar surface area (TPSA) is 17.1 Å². The van der Waals surface area contributed by atoms with Crippen molar-refractivity contribution in [3.63, 3.8) is 0 Å². The van der Waals surface area contributed by atoms with Crippen molar-refractivity contribution in [1.29, 1.82) is 0 Å². The molecule has 0 aromatic heterocycles. The molecule has 2 rings (SSSR count). The summed E-state index contributed by atoms with van der Waals surface area (Å²) < 4.78 is 0. The molecule has 1 saturated carbocycles. The predicted molar refractivity (Wildman–Crippen MR) is 76.4 cm³/mol. The summed E-state index contributed by atoms with van der Waals surface area (Å²) in [7, 11) is 0. The molecule has 3 unspecified atom stereocenters. The molecule has 0 aliphatic heterocycles.